The number of anilines is 2. The Balaban J connectivity index is 1.56. The minimum Gasteiger partial charge on any atom is -0.409 e. The Morgan fingerprint density at radius 2 is 1.97 bits per heavy atom. The van der Waals surface area contributed by atoms with Crippen LogP contribution >= 0.6 is 15.9 Å². The summed E-state index contributed by atoms with van der Waals surface area (Å²) in [5.74, 6) is -1.54. The van der Waals surface area contributed by atoms with E-state index >= 15 is 0 Å². The highest BCUT2D eigenvalue weighted by molar-refractivity contribution is 9.10. The third kappa shape index (κ3) is 5.55. The van der Waals surface area contributed by atoms with Crippen molar-refractivity contribution in [3.63, 3.8) is 0 Å². The van der Waals surface area contributed by atoms with Gasteiger partial charge in [-0.25, -0.2) is 9.18 Å². The van der Waals surface area contributed by atoms with Gasteiger partial charge in [-0.05, 0) is 53.0 Å². The van der Waals surface area contributed by atoms with Crippen molar-refractivity contribution in [1.29, 1.82) is 5.26 Å². The fraction of sp³-hybridized carbons (Fsp3) is 0.250. The molecule has 9 nitrogen and oxygen atoms in total. The topological polar surface area (TPSA) is 131 Å². The quantitative estimate of drug-likeness (QED) is 0.261. The number of nitriles is 1. The van der Waals surface area contributed by atoms with Crippen LogP contribution in [0.15, 0.2) is 46.3 Å². The van der Waals surface area contributed by atoms with Gasteiger partial charge in [0.05, 0.1) is 21.9 Å². The molecule has 0 radical (unpaired) electrons. The largest absolute Gasteiger partial charge is 0.409 e. The van der Waals surface area contributed by atoms with Crippen LogP contribution in [0.4, 0.5) is 20.6 Å². The molecule has 0 unspecified atom stereocenters. The number of carbonyl (C=O) groups is 2. The Hall–Kier alpha value is -3.52. The van der Waals surface area contributed by atoms with E-state index in [1.165, 1.54) is 36.7 Å². The first kappa shape index (κ1) is 22.2. The summed E-state index contributed by atoms with van der Waals surface area (Å²) in [4.78, 5) is 30.6. The van der Waals surface area contributed by atoms with Crippen LogP contribution in [0, 0.1) is 23.1 Å². The number of benzene rings is 1. The number of carbonyl (C=O) groups excluding carboxylic acids is 2. The second kappa shape index (κ2) is 9.99. The van der Waals surface area contributed by atoms with Gasteiger partial charge in [-0.3, -0.25) is 9.78 Å². The lowest BCUT2D eigenvalue weighted by atomic mass is 9.92. The molecule has 1 fully saturated rings. The molecule has 160 valence electrons. The van der Waals surface area contributed by atoms with Crippen molar-refractivity contribution >= 4 is 45.0 Å². The highest BCUT2D eigenvalue weighted by Crippen LogP contribution is 2.23. The van der Waals surface area contributed by atoms with Crippen molar-refractivity contribution in [3.8, 4) is 6.07 Å². The zero-order valence-electron chi connectivity index (χ0n) is 16.2. The summed E-state index contributed by atoms with van der Waals surface area (Å²) in [5.41, 5.74) is 1.13. The van der Waals surface area contributed by atoms with Crippen LogP contribution < -0.4 is 10.6 Å². The number of hydrogen-bond acceptors (Lipinski definition) is 6. The number of rotatable bonds is 4. The van der Waals surface area contributed by atoms with Gasteiger partial charge in [0.15, 0.2) is 0 Å². The standard InChI is InChI=1S/C20H18BrFN6O3/c21-16-8-14(1-2-17(16)22)25-19(27-31)18(29)13-3-5-28(6-4-13)20(30)26-15-7-12(9-23)10-24-11-15/h1-2,7-8,10-11,13,31H,3-6H2,(H,25,27)(H,26,30). The predicted molar refractivity (Wildman–Crippen MR) is 114 cm³/mol. The molecule has 0 atom stereocenters. The molecule has 3 rings (SSSR count). The Labute approximate surface area is 185 Å². The van der Waals surface area contributed by atoms with Crippen molar-refractivity contribution < 1.29 is 19.2 Å². The molecule has 1 aliphatic heterocycles. The first-order valence-corrected chi connectivity index (χ1v) is 10.1. The number of piperidine rings is 1. The van der Waals surface area contributed by atoms with E-state index in [1.54, 1.807) is 4.90 Å². The minimum atomic E-state index is -0.458. The lowest BCUT2D eigenvalue weighted by Gasteiger charge is -2.31. The number of aromatic nitrogens is 1. The molecular formula is C20H18BrFN6O3. The van der Waals surface area contributed by atoms with Crippen molar-refractivity contribution in [2.24, 2.45) is 11.1 Å². The van der Waals surface area contributed by atoms with Crippen LogP contribution in [0.3, 0.4) is 0 Å². The second-order valence-corrected chi connectivity index (χ2v) is 7.69. The number of ketones is 1. The number of likely N-dealkylation sites (tertiary alicyclic amines) is 1. The van der Waals surface area contributed by atoms with Crippen LogP contribution in [0.1, 0.15) is 18.4 Å². The van der Waals surface area contributed by atoms with E-state index < -0.39 is 17.5 Å². The molecule has 0 spiro atoms. The van der Waals surface area contributed by atoms with E-state index in [4.69, 9.17) is 5.26 Å². The lowest BCUT2D eigenvalue weighted by Crippen LogP contribution is -2.44. The molecule has 2 aromatic rings. The SMILES string of the molecule is N#Cc1cncc(NC(=O)N2CCC(C(=O)/C(=N/O)Nc3ccc(F)c(Br)c3)CC2)c1. The highest BCUT2D eigenvalue weighted by Gasteiger charge is 2.30. The monoisotopic (exact) mass is 488 g/mol. The van der Waals surface area contributed by atoms with E-state index in [1.807, 2.05) is 6.07 Å². The number of hydrogen-bond donors (Lipinski definition) is 3. The van der Waals surface area contributed by atoms with E-state index in [0.29, 0.717) is 42.9 Å². The maximum atomic E-state index is 13.4. The molecule has 1 aromatic carbocycles. The average Bonchev–Trinajstić information content (AvgIpc) is 2.79. The van der Waals surface area contributed by atoms with E-state index in [9.17, 15) is 19.2 Å². The fourth-order valence-corrected chi connectivity index (χ4v) is 3.54. The number of urea groups is 1. The summed E-state index contributed by atoms with van der Waals surface area (Å²) >= 11 is 3.06. The molecule has 0 saturated carbocycles. The Bertz CT molecular complexity index is 1060. The van der Waals surface area contributed by atoms with Gasteiger partial charge in [0.1, 0.15) is 11.9 Å². The Morgan fingerprint density at radius 1 is 1.23 bits per heavy atom. The van der Waals surface area contributed by atoms with Crippen molar-refractivity contribution in [3.05, 3.63) is 52.5 Å². The number of Topliss-reactive ketones (excluding diaryl/α,β-unsaturated/α-hetero) is 1. The number of nitrogens with zero attached hydrogens (tertiary/aromatic N) is 4. The van der Waals surface area contributed by atoms with Gasteiger partial charge in [0, 0.05) is 30.9 Å². The molecular weight excluding hydrogens is 471 g/mol. The summed E-state index contributed by atoms with van der Waals surface area (Å²) in [6.45, 7) is 0.656. The molecule has 1 saturated heterocycles. The fourth-order valence-electron chi connectivity index (χ4n) is 3.16. The summed E-state index contributed by atoms with van der Waals surface area (Å²) in [7, 11) is 0. The van der Waals surface area contributed by atoms with Gasteiger partial charge in [0.25, 0.3) is 0 Å². The van der Waals surface area contributed by atoms with Crippen molar-refractivity contribution in [2.45, 2.75) is 12.8 Å². The average molecular weight is 489 g/mol. The van der Waals surface area contributed by atoms with Gasteiger partial charge in [-0.1, -0.05) is 5.16 Å². The molecule has 2 heterocycles. The van der Waals surface area contributed by atoms with Gasteiger partial charge < -0.3 is 20.7 Å². The zero-order valence-corrected chi connectivity index (χ0v) is 17.8. The number of pyridine rings is 1. The van der Waals surface area contributed by atoms with Crippen molar-refractivity contribution in [1.82, 2.24) is 9.88 Å². The summed E-state index contributed by atoms with van der Waals surface area (Å²) in [6, 6.07) is 7.18. The summed E-state index contributed by atoms with van der Waals surface area (Å²) in [5, 5.41) is 26.6. The normalized spacial score (nSPS) is 14.6. The molecule has 1 aliphatic rings. The third-order valence-electron chi connectivity index (χ3n) is 4.79. The van der Waals surface area contributed by atoms with E-state index in [2.05, 4.69) is 36.7 Å². The van der Waals surface area contributed by atoms with Crippen molar-refractivity contribution in [2.75, 3.05) is 23.7 Å². The number of amidine groups is 1. The maximum Gasteiger partial charge on any atom is 0.321 e. The second-order valence-electron chi connectivity index (χ2n) is 6.83. The molecule has 0 aliphatic carbocycles. The van der Waals surface area contributed by atoms with E-state index in [-0.39, 0.29) is 16.3 Å². The van der Waals surface area contributed by atoms with Crippen LogP contribution in [-0.2, 0) is 4.79 Å². The van der Waals surface area contributed by atoms with Crippen LogP contribution in [-0.4, -0.2) is 45.8 Å². The van der Waals surface area contributed by atoms with Gasteiger partial charge in [0.2, 0.25) is 11.6 Å². The molecule has 3 N–H and O–H groups in total. The number of oxime groups is 1. The molecule has 1 aromatic heterocycles. The zero-order chi connectivity index (χ0) is 22.4. The van der Waals surface area contributed by atoms with Crippen LogP contribution in [0.5, 0.6) is 0 Å². The van der Waals surface area contributed by atoms with Gasteiger partial charge in [-0.2, -0.15) is 5.26 Å². The maximum absolute atomic E-state index is 13.4. The van der Waals surface area contributed by atoms with Gasteiger partial charge in [-0.15, -0.1) is 0 Å². The Kier molecular flexibility index (Phi) is 7.15. The minimum absolute atomic E-state index is 0.206. The lowest BCUT2D eigenvalue weighted by molar-refractivity contribution is -0.117. The summed E-state index contributed by atoms with van der Waals surface area (Å²) < 4.78 is 13.6. The molecule has 31 heavy (non-hydrogen) atoms. The molecule has 0 bridgehead atoms. The first-order valence-electron chi connectivity index (χ1n) is 9.30. The predicted octanol–water partition coefficient (Wildman–Crippen LogP) is 3.57. The van der Waals surface area contributed by atoms with Gasteiger partial charge >= 0.3 is 6.03 Å². The van der Waals surface area contributed by atoms with E-state index in [0.717, 1.165) is 0 Å². The first-order chi connectivity index (χ1) is 14.9. The van der Waals surface area contributed by atoms with Crippen LogP contribution in [0.25, 0.3) is 0 Å². The molecule has 11 heteroatoms. The third-order valence-corrected chi connectivity index (χ3v) is 5.40. The van der Waals surface area contributed by atoms with Crippen LogP contribution in [0.2, 0.25) is 0 Å². The summed E-state index contributed by atoms with van der Waals surface area (Å²) in [6.07, 6.45) is 3.61. The number of halogens is 2. The number of amides is 2. The molecule has 2 amide bonds. The number of nitrogens with one attached hydrogen (secondary N) is 2. The highest BCUT2D eigenvalue weighted by atomic mass is 79.9. The Morgan fingerprint density at radius 3 is 2.61 bits per heavy atom. The smallest absolute Gasteiger partial charge is 0.321 e.